The molecule has 0 heterocycles. The smallest absolute Gasteiger partial charge is 0.310 e. The molecule has 2 nitrogen and oxygen atoms in total. The summed E-state index contributed by atoms with van der Waals surface area (Å²) in [6.45, 7) is 2.92. The van der Waals surface area contributed by atoms with Gasteiger partial charge in [0.1, 0.15) is 0 Å². The molecule has 0 amide bonds. The maximum absolute atomic E-state index is 12.1. The van der Waals surface area contributed by atoms with E-state index in [1.807, 2.05) is 18.2 Å². The first-order valence-corrected chi connectivity index (χ1v) is 12.1. The van der Waals surface area contributed by atoms with E-state index in [1.165, 1.54) is 11.1 Å². The lowest BCUT2D eigenvalue weighted by Gasteiger charge is -2.30. The van der Waals surface area contributed by atoms with E-state index in [1.54, 1.807) is 0 Å². The molecule has 5 heteroatoms. The van der Waals surface area contributed by atoms with E-state index in [2.05, 4.69) is 48.6 Å². The lowest BCUT2D eigenvalue weighted by molar-refractivity contribution is -0.135. The van der Waals surface area contributed by atoms with Gasteiger partial charge in [-0.25, -0.2) is 0 Å². The number of unbranched alkanes of at least 4 members (excludes halogenated alkanes) is 6. The van der Waals surface area contributed by atoms with Crippen LogP contribution in [0.1, 0.15) is 81.4 Å². The highest BCUT2D eigenvalue weighted by Gasteiger charge is 2.25. The minimum atomic E-state index is -4.00. The number of nitrogens with two attached hydrogens (primary N) is 1. The topological polar surface area (TPSA) is 38.0 Å². The number of hydrogen-bond acceptors (Lipinski definition) is 2. The van der Waals surface area contributed by atoms with Gasteiger partial charge in [-0.1, -0.05) is 93.6 Å². The van der Waals surface area contributed by atoms with Gasteiger partial charge < -0.3 is 5.73 Å². The summed E-state index contributed by atoms with van der Waals surface area (Å²) >= 11 is 0. The summed E-state index contributed by atoms with van der Waals surface area (Å²) in [5.41, 5.74) is 9.83. The number of rotatable bonds is 15. The van der Waals surface area contributed by atoms with Crippen LogP contribution >= 0.6 is 0 Å². The first kappa shape index (κ1) is 26.4. The highest BCUT2D eigenvalue weighted by atomic mass is 19.4. The fourth-order valence-corrected chi connectivity index (χ4v) is 4.01. The van der Waals surface area contributed by atoms with Crippen molar-refractivity contribution in [3.63, 3.8) is 0 Å². The number of halogens is 3. The van der Waals surface area contributed by atoms with Crippen LogP contribution in [0.5, 0.6) is 0 Å². The third-order valence-corrected chi connectivity index (χ3v) is 6.15. The number of hydrogen-bond donors (Lipinski definition) is 2. The van der Waals surface area contributed by atoms with E-state index in [0.717, 1.165) is 63.5 Å². The van der Waals surface area contributed by atoms with Crippen molar-refractivity contribution in [2.24, 2.45) is 5.73 Å². The van der Waals surface area contributed by atoms with Crippen molar-refractivity contribution in [1.29, 1.82) is 0 Å². The van der Waals surface area contributed by atoms with Crippen LogP contribution in [0.3, 0.4) is 0 Å². The quantitative estimate of drug-likeness (QED) is 0.222. The van der Waals surface area contributed by atoms with Gasteiger partial charge in [0.2, 0.25) is 0 Å². The molecule has 2 aromatic carbocycles. The molecule has 0 radical (unpaired) electrons. The molecule has 2 rings (SSSR count). The molecule has 32 heavy (non-hydrogen) atoms. The zero-order chi connectivity index (χ0) is 23.3. The van der Waals surface area contributed by atoms with Gasteiger partial charge >= 0.3 is 6.18 Å². The van der Waals surface area contributed by atoms with Crippen LogP contribution in [-0.2, 0) is 18.5 Å². The highest BCUT2D eigenvalue weighted by Crippen LogP contribution is 2.23. The Labute approximate surface area is 191 Å². The van der Waals surface area contributed by atoms with Crippen LogP contribution < -0.4 is 11.1 Å². The SMILES string of the molecule is CCC(N)(NCCc1ccc(CCCCCCCCCC(F)(F)F)cc1)c1ccccc1. The normalized spacial score (nSPS) is 13.8. The zero-order valence-electron chi connectivity index (χ0n) is 19.4. The average molecular weight is 449 g/mol. The van der Waals surface area contributed by atoms with Gasteiger partial charge in [-0.15, -0.1) is 0 Å². The molecule has 0 aliphatic heterocycles. The van der Waals surface area contributed by atoms with Crippen molar-refractivity contribution in [3.8, 4) is 0 Å². The van der Waals surface area contributed by atoms with Crippen molar-refractivity contribution in [2.45, 2.75) is 89.4 Å². The summed E-state index contributed by atoms with van der Waals surface area (Å²) in [7, 11) is 0. The summed E-state index contributed by atoms with van der Waals surface area (Å²) in [4.78, 5) is 0. The maximum atomic E-state index is 12.1. The summed E-state index contributed by atoms with van der Waals surface area (Å²) in [6.07, 6.45) is 4.44. The standard InChI is InChI=1S/C27H39F3N2/c1-2-26(31,25-14-10-8-11-15-25)32-22-20-24-18-16-23(17-19-24)13-9-6-4-3-5-7-12-21-27(28,29)30/h8,10-11,14-19,32H,2-7,9,12-13,20-22,31H2,1H3. The third-order valence-electron chi connectivity index (χ3n) is 6.15. The van der Waals surface area contributed by atoms with Gasteiger partial charge in [0, 0.05) is 13.0 Å². The number of alkyl halides is 3. The second kappa shape index (κ2) is 13.6. The van der Waals surface area contributed by atoms with Crippen molar-refractivity contribution in [2.75, 3.05) is 6.54 Å². The molecule has 1 unspecified atom stereocenters. The van der Waals surface area contributed by atoms with Crippen molar-refractivity contribution in [3.05, 3.63) is 71.3 Å². The van der Waals surface area contributed by atoms with Crippen LogP contribution in [0.15, 0.2) is 54.6 Å². The summed E-state index contributed by atoms with van der Waals surface area (Å²) in [5, 5.41) is 3.52. The van der Waals surface area contributed by atoms with E-state index < -0.39 is 18.3 Å². The van der Waals surface area contributed by atoms with Crippen molar-refractivity contribution >= 4 is 0 Å². The molecule has 178 valence electrons. The Hall–Kier alpha value is -1.85. The van der Waals surface area contributed by atoms with Crippen LogP contribution in [-0.4, -0.2) is 12.7 Å². The second-order valence-electron chi connectivity index (χ2n) is 8.77. The Balaban J connectivity index is 1.59. The van der Waals surface area contributed by atoms with Crippen molar-refractivity contribution < 1.29 is 13.2 Å². The first-order valence-electron chi connectivity index (χ1n) is 12.1. The fourth-order valence-electron chi connectivity index (χ4n) is 4.01. The number of benzene rings is 2. The molecular weight excluding hydrogens is 409 g/mol. The Bertz CT molecular complexity index is 744. The number of nitrogens with one attached hydrogen (secondary N) is 1. The monoisotopic (exact) mass is 448 g/mol. The van der Waals surface area contributed by atoms with Crippen molar-refractivity contribution in [1.82, 2.24) is 5.32 Å². The molecule has 3 N–H and O–H groups in total. The molecular formula is C27H39F3N2. The minimum Gasteiger partial charge on any atom is -0.310 e. The predicted octanol–water partition coefficient (Wildman–Crippen LogP) is 7.27. The lowest BCUT2D eigenvalue weighted by Crippen LogP contribution is -2.50. The highest BCUT2D eigenvalue weighted by molar-refractivity contribution is 5.24. The third kappa shape index (κ3) is 10.2. The van der Waals surface area contributed by atoms with E-state index in [4.69, 9.17) is 5.73 Å². The Morgan fingerprint density at radius 3 is 1.81 bits per heavy atom. The molecule has 0 saturated carbocycles. The molecule has 0 fully saturated rings. The molecule has 0 saturated heterocycles. The van der Waals surface area contributed by atoms with Crippen LogP contribution in [0, 0.1) is 0 Å². The summed E-state index contributed by atoms with van der Waals surface area (Å²) in [5.74, 6) is 0. The van der Waals surface area contributed by atoms with Crippen LogP contribution in [0.4, 0.5) is 13.2 Å². The molecule has 0 spiro atoms. The molecule has 0 aliphatic rings. The van der Waals surface area contributed by atoms with Crippen LogP contribution in [0.2, 0.25) is 0 Å². The Morgan fingerprint density at radius 1 is 0.719 bits per heavy atom. The second-order valence-corrected chi connectivity index (χ2v) is 8.77. The molecule has 2 aromatic rings. The lowest BCUT2D eigenvalue weighted by atomic mass is 9.97. The van der Waals surface area contributed by atoms with Gasteiger partial charge in [0.25, 0.3) is 0 Å². The minimum absolute atomic E-state index is 0.266. The van der Waals surface area contributed by atoms with Gasteiger partial charge in [0.05, 0.1) is 5.66 Å². The van der Waals surface area contributed by atoms with E-state index in [9.17, 15) is 13.2 Å². The van der Waals surface area contributed by atoms with E-state index >= 15 is 0 Å². The van der Waals surface area contributed by atoms with Crippen LogP contribution in [0.25, 0.3) is 0 Å². The summed E-state index contributed by atoms with van der Waals surface area (Å²) < 4.78 is 36.3. The largest absolute Gasteiger partial charge is 0.389 e. The van der Waals surface area contributed by atoms with Gasteiger partial charge in [-0.2, -0.15) is 13.2 Å². The summed E-state index contributed by atoms with van der Waals surface area (Å²) in [6, 6.07) is 19.0. The maximum Gasteiger partial charge on any atom is 0.389 e. The molecule has 0 aromatic heterocycles. The zero-order valence-corrected chi connectivity index (χ0v) is 19.4. The number of aryl methyl sites for hydroxylation is 1. The Morgan fingerprint density at radius 2 is 1.25 bits per heavy atom. The predicted molar refractivity (Wildman–Crippen MR) is 127 cm³/mol. The molecule has 1 atom stereocenters. The average Bonchev–Trinajstić information content (AvgIpc) is 2.78. The van der Waals surface area contributed by atoms with E-state index in [0.29, 0.717) is 6.42 Å². The fraction of sp³-hybridized carbons (Fsp3) is 0.556. The Kier molecular flexibility index (Phi) is 11.3. The molecule has 0 bridgehead atoms. The first-order chi connectivity index (χ1) is 15.3. The van der Waals surface area contributed by atoms with E-state index in [-0.39, 0.29) is 6.42 Å². The van der Waals surface area contributed by atoms with Gasteiger partial charge in [0.15, 0.2) is 0 Å². The molecule has 0 aliphatic carbocycles. The van der Waals surface area contributed by atoms with Gasteiger partial charge in [-0.3, -0.25) is 5.32 Å². The van der Waals surface area contributed by atoms with Gasteiger partial charge in [-0.05, 0) is 48.8 Å².